The van der Waals surface area contributed by atoms with Crippen molar-refractivity contribution in [1.82, 2.24) is 5.32 Å². The Hall–Kier alpha value is -1.79. The Bertz CT molecular complexity index is 572. The average molecular weight is 296 g/mol. The molecule has 1 aromatic rings. The molecule has 1 aromatic carbocycles. The van der Waals surface area contributed by atoms with Crippen LogP contribution in [0.3, 0.4) is 0 Å². The molecule has 0 unspecified atom stereocenters. The van der Waals surface area contributed by atoms with Gasteiger partial charge >= 0.3 is 0 Å². The monoisotopic (exact) mass is 295 g/mol. The third-order valence-corrected chi connectivity index (χ3v) is 3.42. The summed E-state index contributed by atoms with van der Waals surface area (Å²) in [5.41, 5.74) is 0.990. The van der Waals surface area contributed by atoms with Crippen molar-refractivity contribution in [2.75, 3.05) is 23.8 Å². The molecule has 106 valence electrons. The summed E-state index contributed by atoms with van der Waals surface area (Å²) in [5.74, 6) is 0.122. The number of fused-ring (bicyclic) bond motifs is 1. The van der Waals surface area contributed by atoms with Gasteiger partial charge < -0.3 is 20.7 Å². The first-order valence-corrected chi connectivity index (χ1v) is 6.79. The van der Waals surface area contributed by atoms with Crippen molar-refractivity contribution < 1.29 is 14.3 Å². The molecule has 2 amide bonds. The summed E-state index contributed by atoms with van der Waals surface area (Å²) in [6.07, 6.45) is 2.25. The summed E-state index contributed by atoms with van der Waals surface area (Å²) < 4.78 is 5.28. The van der Waals surface area contributed by atoms with E-state index in [1.165, 1.54) is 0 Å². The standard InChI is InChI=1S/C13H14ClN3O3/c14-8-3-10-11(20-6-13(19)17-10)4-9(8)16-12(18)5-15-7-1-2-7/h3-4,7,15H,1-2,5-6H2,(H,16,18)(H,17,19). The number of hydrogen-bond donors (Lipinski definition) is 3. The van der Waals surface area contributed by atoms with Gasteiger partial charge in [0.1, 0.15) is 5.75 Å². The van der Waals surface area contributed by atoms with Gasteiger partial charge in [0.2, 0.25) is 5.91 Å². The average Bonchev–Trinajstić information content (AvgIpc) is 3.22. The van der Waals surface area contributed by atoms with Gasteiger partial charge in [-0.3, -0.25) is 9.59 Å². The van der Waals surface area contributed by atoms with E-state index in [2.05, 4.69) is 16.0 Å². The van der Waals surface area contributed by atoms with E-state index >= 15 is 0 Å². The molecule has 2 aliphatic rings. The first-order chi connectivity index (χ1) is 9.61. The van der Waals surface area contributed by atoms with Crippen LogP contribution in [0.15, 0.2) is 12.1 Å². The SMILES string of the molecule is O=C(CNC1CC1)Nc1cc2c(cc1Cl)NC(=O)CO2. The summed E-state index contributed by atoms with van der Waals surface area (Å²) in [6, 6.07) is 3.66. The smallest absolute Gasteiger partial charge is 0.262 e. The molecule has 0 spiro atoms. The predicted octanol–water partition coefficient (Wildman–Crippen LogP) is 1.36. The van der Waals surface area contributed by atoms with Crippen molar-refractivity contribution in [3.05, 3.63) is 17.2 Å². The van der Waals surface area contributed by atoms with Crippen LogP contribution in [-0.2, 0) is 9.59 Å². The summed E-state index contributed by atoms with van der Waals surface area (Å²) in [7, 11) is 0. The van der Waals surface area contributed by atoms with Crippen LogP contribution in [0.25, 0.3) is 0 Å². The second-order valence-corrected chi connectivity index (χ2v) is 5.28. The van der Waals surface area contributed by atoms with E-state index in [0.717, 1.165) is 12.8 Å². The molecule has 0 aromatic heterocycles. The number of anilines is 2. The van der Waals surface area contributed by atoms with E-state index < -0.39 is 0 Å². The molecule has 20 heavy (non-hydrogen) atoms. The van der Waals surface area contributed by atoms with Crippen LogP contribution in [0.1, 0.15) is 12.8 Å². The lowest BCUT2D eigenvalue weighted by molar-refractivity contribution is -0.118. The van der Waals surface area contributed by atoms with Gasteiger partial charge in [-0.2, -0.15) is 0 Å². The molecular formula is C13H14ClN3O3. The fourth-order valence-electron chi connectivity index (χ4n) is 1.91. The van der Waals surface area contributed by atoms with E-state index in [4.69, 9.17) is 16.3 Å². The van der Waals surface area contributed by atoms with Crippen molar-refractivity contribution in [3.8, 4) is 5.75 Å². The van der Waals surface area contributed by atoms with Gasteiger partial charge in [0, 0.05) is 12.1 Å². The van der Waals surface area contributed by atoms with Crippen LogP contribution in [-0.4, -0.2) is 31.0 Å². The number of rotatable bonds is 4. The maximum atomic E-state index is 11.8. The summed E-state index contributed by atoms with van der Waals surface area (Å²) >= 11 is 6.09. The van der Waals surface area contributed by atoms with Crippen LogP contribution in [0.2, 0.25) is 5.02 Å². The van der Waals surface area contributed by atoms with Gasteiger partial charge in [-0.15, -0.1) is 0 Å². The minimum atomic E-state index is -0.223. The zero-order valence-corrected chi connectivity index (χ0v) is 11.4. The molecule has 7 heteroatoms. The third-order valence-electron chi connectivity index (χ3n) is 3.10. The fraction of sp³-hybridized carbons (Fsp3) is 0.385. The number of nitrogens with one attached hydrogen (secondary N) is 3. The maximum absolute atomic E-state index is 11.8. The molecule has 1 fully saturated rings. The Labute approximate surface area is 120 Å². The summed E-state index contributed by atoms with van der Waals surface area (Å²) in [5, 5.41) is 8.86. The summed E-state index contributed by atoms with van der Waals surface area (Å²) in [4.78, 5) is 23.0. The molecule has 3 rings (SSSR count). The number of ether oxygens (including phenoxy) is 1. The van der Waals surface area contributed by atoms with Gasteiger partial charge in [0.25, 0.3) is 5.91 Å². The molecule has 1 heterocycles. The third kappa shape index (κ3) is 3.02. The van der Waals surface area contributed by atoms with Crippen LogP contribution in [0.4, 0.5) is 11.4 Å². The minimum Gasteiger partial charge on any atom is -0.482 e. The lowest BCUT2D eigenvalue weighted by Gasteiger charge is -2.19. The van der Waals surface area contributed by atoms with Gasteiger partial charge in [-0.1, -0.05) is 11.6 Å². The molecule has 3 N–H and O–H groups in total. The van der Waals surface area contributed by atoms with Crippen molar-refractivity contribution in [2.24, 2.45) is 0 Å². The summed E-state index contributed by atoms with van der Waals surface area (Å²) in [6.45, 7) is 0.223. The number of amides is 2. The minimum absolute atomic E-state index is 0.0365. The normalized spacial score (nSPS) is 16.9. The van der Waals surface area contributed by atoms with E-state index in [-0.39, 0.29) is 25.0 Å². The van der Waals surface area contributed by atoms with Crippen LogP contribution >= 0.6 is 11.6 Å². The fourth-order valence-corrected chi connectivity index (χ4v) is 2.13. The quantitative estimate of drug-likeness (QED) is 0.784. The van der Waals surface area contributed by atoms with Crippen molar-refractivity contribution in [3.63, 3.8) is 0 Å². The Morgan fingerprint density at radius 2 is 2.25 bits per heavy atom. The van der Waals surface area contributed by atoms with Crippen molar-refractivity contribution in [2.45, 2.75) is 18.9 Å². The zero-order valence-electron chi connectivity index (χ0n) is 10.7. The second-order valence-electron chi connectivity index (χ2n) is 4.87. The Morgan fingerprint density at radius 3 is 3.00 bits per heavy atom. The number of halogens is 1. The number of carbonyl (C=O) groups is 2. The zero-order chi connectivity index (χ0) is 14.1. The molecule has 6 nitrogen and oxygen atoms in total. The molecule has 0 bridgehead atoms. The molecule has 0 saturated heterocycles. The Morgan fingerprint density at radius 1 is 1.45 bits per heavy atom. The number of hydrogen-bond acceptors (Lipinski definition) is 4. The van der Waals surface area contributed by atoms with Gasteiger partial charge in [0.05, 0.1) is 22.9 Å². The first-order valence-electron chi connectivity index (χ1n) is 6.41. The molecule has 1 aliphatic heterocycles. The Kier molecular flexibility index (Phi) is 3.50. The lowest BCUT2D eigenvalue weighted by Crippen LogP contribution is -2.30. The largest absolute Gasteiger partial charge is 0.482 e. The van der Waals surface area contributed by atoms with E-state index in [1.807, 2.05) is 0 Å². The lowest BCUT2D eigenvalue weighted by atomic mass is 10.2. The molecule has 0 radical (unpaired) electrons. The van der Waals surface area contributed by atoms with Gasteiger partial charge in [-0.05, 0) is 18.9 Å². The maximum Gasteiger partial charge on any atom is 0.262 e. The second kappa shape index (κ2) is 5.30. The number of carbonyl (C=O) groups excluding carboxylic acids is 2. The van der Waals surface area contributed by atoms with Crippen LogP contribution in [0.5, 0.6) is 5.75 Å². The highest BCUT2D eigenvalue weighted by atomic mass is 35.5. The predicted molar refractivity (Wildman–Crippen MR) is 75.2 cm³/mol. The van der Waals surface area contributed by atoms with Crippen LogP contribution in [0, 0.1) is 0 Å². The topological polar surface area (TPSA) is 79.5 Å². The molecule has 1 saturated carbocycles. The highest BCUT2D eigenvalue weighted by molar-refractivity contribution is 6.34. The van der Waals surface area contributed by atoms with Crippen molar-refractivity contribution >= 4 is 34.8 Å². The first kappa shape index (κ1) is 13.2. The molecule has 0 atom stereocenters. The molecular weight excluding hydrogens is 282 g/mol. The molecule has 1 aliphatic carbocycles. The van der Waals surface area contributed by atoms with E-state index in [1.54, 1.807) is 12.1 Å². The van der Waals surface area contributed by atoms with Crippen LogP contribution < -0.4 is 20.7 Å². The highest BCUT2D eigenvalue weighted by Gasteiger charge is 2.22. The van der Waals surface area contributed by atoms with Gasteiger partial charge in [-0.25, -0.2) is 0 Å². The van der Waals surface area contributed by atoms with E-state index in [9.17, 15) is 9.59 Å². The highest BCUT2D eigenvalue weighted by Crippen LogP contribution is 2.36. The number of benzene rings is 1. The van der Waals surface area contributed by atoms with E-state index in [0.29, 0.717) is 28.2 Å². The van der Waals surface area contributed by atoms with Gasteiger partial charge in [0.15, 0.2) is 6.61 Å². The Balaban J connectivity index is 1.69. The van der Waals surface area contributed by atoms with Crippen molar-refractivity contribution in [1.29, 1.82) is 0 Å².